The minimum absolute atomic E-state index is 0.177. The fourth-order valence-corrected chi connectivity index (χ4v) is 4.19. The molecule has 20 heavy (non-hydrogen) atoms. The summed E-state index contributed by atoms with van der Waals surface area (Å²) >= 11 is 13.9. The van der Waals surface area contributed by atoms with Crippen molar-refractivity contribution in [2.24, 2.45) is 0 Å². The van der Waals surface area contributed by atoms with Gasteiger partial charge in [0, 0.05) is 9.93 Å². The van der Waals surface area contributed by atoms with Gasteiger partial charge in [0.15, 0.2) is 8.32 Å². The number of thioether (sulfide) groups is 1. The van der Waals surface area contributed by atoms with E-state index >= 15 is 0 Å². The highest BCUT2D eigenvalue weighted by atomic mass is 35.5. The van der Waals surface area contributed by atoms with Gasteiger partial charge in [-0.1, -0.05) is 30.3 Å². The molecular weight excluding hydrogens is 327 g/mol. The van der Waals surface area contributed by atoms with E-state index < -0.39 is 12.5 Å². The summed E-state index contributed by atoms with van der Waals surface area (Å²) in [6.07, 6.45) is -0.177. The Balaban J connectivity index is 3.06. The molecule has 0 radical (unpaired) electrons. The number of hydrogen-bond donors (Lipinski definition) is 0. The normalized spacial score (nSPS) is 14.2. The van der Waals surface area contributed by atoms with E-state index in [4.69, 9.17) is 27.6 Å². The van der Waals surface area contributed by atoms with E-state index in [0.29, 0.717) is 5.02 Å². The predicted octanol–water partition coefficient (Wildman–Crippen LogP) is 6.45. The van der Waals surface area contributed by atoms with Crippen LogP contribution in [0.3, 0.4) is 0 Å². The number of alkyl halides is 1. The molecule has 0 aliphatic heterocycles. The number of rotatable bonds is 6. The molecule has 0 spiro atoms. The molecule has 1 aromatic carbocycles. The number of hydrogen-bond acceptors (Lipinski definition) is 2. The molecule has 0 N–H and O–H groups in total. The van der Waals surface area contributed by atoms with Crippen LogP contribution in [0.4, 0.5) is 0 Å². The minimum atomic E-state index is -1.72. The van der Waals surface area contributed by atoms with Crippen molar-refractivity contribution in [3.8, 4) is 0 Å². The van der Waals surface area contributed by atoms with Crippen LogP contribution in [-0.4, -0.2) is 12.5 Å². The largest absolute Gasteiger partial charge is 0.406 e. The van der Waals surface area contributed by atoms with E-state index in [0.717, 1.165) is 10.5 Å². The number of benzene rings is 1. The summed E-state index contributed by atoms with van der Waals surface area (Å²) in [5.74, 6) is 0. The Hall–Kier alpha value is 0.0669. The van der Waals surface area contributed by atoms with E-state index in [9.17, 15) is 0 Å². The van der Waals surface area contributed by atoms with Crippen LogP contribution in [0.1, 0.15) is 25.5 Å². The van der Waals surface area contributed by atoms with Gasteiger partial charge in [-0.25, -0.2) is 0 Å². The van der Waals surface area contributed by atoms with E-state index in [-0.39, 0.29) is 6.10 Å². The molecule has 1 rings (SSSR count). The topological polar surface area (TPSA) is 9.23 Å². The van der Waals surface area contributed by atoms with Gasteiger partial charge in [0.1, 0.15) is 6.10 Å². The Bertz CT molecular complexity index is 477. The first-order valence-corrected chi connectivity index (χ1v) is 11.5. The van der Waals surface area contributed by atoms with Crippen molar-refractivity contribution in [2.45, 2.75) is 43.8 Å². The molecule has 1 atom stereocenters. The first-order chi connectivity index (χ1) is 8.98. The van der Waals surface area contributed by atoms with Crippen LogP contribution in [0.25, 0.3) is 0 Å². The maximum atomic E-state index is 6.29. The molecule has 0 heterocycles. The van der Waals surface area contributed by atoms with Crippen LogP contribution in [0.2, 0.25) is 24.7 Å². The zero-order valence-electron chi connectivity index (χ0n) is 12.7. The monoisotopic (exact) mass is 348 g/mol. The van der Waals surface area contributed by atoms with Crippen molar-refractivity contribution in [3.63, 3.8) is 0 Å². The second-order valence-electron chi connectivity index (χ2n) is 6.10. The lowest BCUT2D eigenvalue weighted by Gasteiger charge is -2.30. The van der Waals surface area contributed by atoms with E-state index in [1.807, 2.05) is 38.1 Å². The standard InChI is InChI=1S/C15H22Cl2OSSi/c1-11(19-15(2,3)17)14(18-20(4,5)6)12-8-7-9-13(16)10-12/h7-10,14H,1H2,2-6H3. The van der Waals surface area contributed by atoms with Crippen LogP contribution in [0, 0.1) is 0 Å². The maximum absolute atomic E-state index is 6.29. The van der Waals surface area contributed by atoms with Crippen molar-refractivity contribution in [2.75, 3.05) is 0 Å². The van der Waals surface area contributed by atoms with Gasteiger partial charge < -0.3 is 4.43 Å². The lowest BCUT2D eigenvalue weighted by atomic mass is 10.1. The van der Waals surface area contributed by atoms with Crippen LogP contribution >= 0.6 is 35.0 Å². The summed E-state index contributed by atoms with van der Waals surface area (Å²) < 4.78 is 5.88. The summed E-state index contributed by atoms with van der Waals surface area (Å²) in [5, 5.41) is 0.703. The highest BCUT2D eigenvalue weighted by Crippen LogP contribution is 2.43. The van der Waals surface area contributed by atoms with Gasteiger partial charge in [-0.05, 0) is 51.2 Å². The molecule has 1 unspecified atom stereocenters. The van der Waals surface area contributed by atoms with Gasteiger partial charge in [-0.2, -0.15) is 0 Å². The predicted molar refractivity (Wildman–Crippen MR) is 95.3 cm³/mol. The third-order valence-corrected chi connectivity index (χ3v) is 4.66. The second-order valence-corrected chi connectivity index (χ2v) is 13.9. The highest BCUT2D eigenvalue weighted by Gasteiger charge is 2.28. The van der Waals surface area contributed by atoms with Crippen LogP contribution < -0.4 is 0 Å². The van der Waals surface area contributed by atoms with Gasteiger partial charge in [0.2, 0.25) is 0 Å². The minimum Gasteiger partial charge on any atom is -0.406 e. The summed E-state index contributed by atoms with van der Waals surface area (Å²) in [4.78, 5) is 0.912. The second kappa shape index (κ2) is 6.88. The molecule has 0 saturated carbocycles. The van der Waals surface area contributed by atoms with Crippen LogP contribution in [0.15, 0.2) is 35.7 Å². The lowest BCUT2D eigenvalue weighted by Crippen LogP contribution is -2.28. The molecule has 1 nitrogen and oxygen atoms in total. The zero-order chi connectivity index (χ0) is 15.6. The van der Waals surface area contributed by atoms with Crippen LogP contribution in [0.5, 0.6) is 0 Å². The highest BCUT2D eigenvalue weighted by molar-refractivity contribution is 8.05. The van der Waals surface area contributed by atoms with E-state index in [2.05, 4.69) is 26.2 Å². The summed E-state index contributed by atoms with van der Waals surface area (Å²) in [7, 11) is -1.72. The summed E-state index contributed by atoms with van der Waals surface area (Å²) in [6.45, 7) is 14.6. The average Bonchev–Trinajstić information content (AvgIpc) is 2.22. The lowest BCUT2D eigenvalue weighted by molar-refractivity contribution is 0.244. The van der Waals surface area contributed by atoms with Crippen molar-refractivity contribution >= 4 is 43.3 Å². The molecule has 0 aliphatic carbocycles. The van der Waals surface area contributed by atoms with Gasteiger partial charge >= 0.3 is 0 Å². The van der Waals surface area contributed by atoms with Crippen molar-refractivity contribution < 1.29 is 4.43 Å². The van der Waals surface area contributed by atoms with E-state index in [1.54, 1.807) is 0 Å². The van der Waals surface area contributed by atoms with Gasteiger partial charge in [-0.15, -0.1) is 23.4 Å². The first-order valence-electron chi connectivity index (χ1n) is 6.48. The Morgan fingerprint density at radius 3 is 2.40 bits per heavy atom. The van der Waals surface area contributed by atoms with Gasteiger partial charge in [-0.3, -0.25) is 0 Å². The molecule has 1 aromatic rings. The first kappa shape index (κ1) is 18.1. The van der Waals surface area contributed by atoms with Gasteiger partial charge in [0.05, 0.1) is 4.21 Å². The van der Waals surface area contributed by atoms with Crippen molar-refractivity contribution in [3.05, 3.63) is 46.3 Å². The fraction of sp³-hybridized carbons (Fsp3) is 0.467. The smallest absolute Gasteiger partial charge is 0.185 e. The van der Waals surface area contributed by atoms with E-state index in [1.165, 1.54) is 11.8 Å². The Kier molecular flexibility index (Phi) is 6.24. The summed E-state index contributed by atoms with van der Waals surface area (Å²) in [5.41, 5.74) is 1.03. The molecular formula is C15H22Cl2OSSi. The molecule has 0 bridgehead atoms. The Morgan fingerprint density at radius 2 is 1.95 bits per heavy atom. The third kappa shape index (κ3) is 6.68. The van der Waals surface area contributed by atoms with Gasteiger partial charge in [0.25, 0.3) is 0 Å². The average molecular weight is 349 g/mol. The molecule has 5 heteroatoms. The molecule has 0 amide bonds. The third-order valence-electron chi connectivity index (χ3n) is 2.29. The number of halogens is 2. The molecule has 0 fully saturated rings. The maximum Gasteiger partial charge on any atom is 0.185 e. The Labute approximate surface area is 137 Å². The molecule has 0 aromatic heterocycles. The fourth-order valence-electron chi connectivity index (χ4n) is 1.71. The Morgan fingerprint density at radius 1 is 1.35 bits per heavy atom. The molecule has 0 saturated heterocycles. The molecule has 112 valence electrons. The van der Waals surface area contributed by atoms with Crippen LogP contribution in [-0.2, 0) is 4.43 Å². The van der Waals surface area contributed by atoms with Crippen molar-refractivity contribution in [1.82, 2.24) is 0 Å². The SMILES string of the molecule is C=C(SC(C)(C)Cl)C(O[Si](C)(C)C)c1cccc(Cl)c1. The molecule has 0 aliphatic rings. The van der Waals surface area contributed by atoms with Crippen molar-refractivity contribution in [1.29, 1.82) is 0 Å². The summed E-state index contributed by atoms with van der Waals surface area (Å²) in [6, 6.07) is 7.74. The zero-order valence-corrected chi connectivity index (χ0v) is 16.0. The quantitative estimate of drug-likeness (QED) is 0.431.